The number of aromatic nitrogens is 1. The van der Waals surface area contributed by atoms with Gasteiger partial charge in [0.25, 0.3) is 5.91 Å². The quantitative estimate of drug-likeness (QED) is 0.813. The molecule has 2 aliphatic rings. The van der Waals surface area contributed by atoms with Gasteiger partial charge in [0.15, 0.2) is 0 Å². The van der Waals surface area contributed by atoms with Gasteiger partial charge in [-0.2, -0.15) is 0 Å². The number of rotatable bonds is 1. The molecule has 6 nitrogen and oxygen atoms in total. The molecule has 2 amide bonds. The van der Waals surface area contributed by atoms with Gasteiger partial charge in [0.1, 0.15) is 11.3 Å². The third kappa shape index (κ3) is 2.07. The molecule has 102 valence electrons. The lowest BCUT2D eigenvalue weighted by atomic mass is 9.93. The molecule has 19 heavy (non-hydrogen) atoms. The lowest BCUT2D eigenvalue weighted by molar-refractivity contribution is -0.00536. The average Bonchev–Trinajstić information content (AvgIpc) is 2.96. The number of alkyl carbamates (subject to hydrolysis) is 1. The Hall–Kier alpha value is -1.98. The van der Waals surface area contributed by atoms with E-state index in [1.165, 1.54) is 0 Å². The molecule has 0 radical (unpaired) electrons. The lowest BCUT2D eigenvalue weighted by Crippen LogP contribution is -2.52. The van der Waals surface area contributed by atoms with Crippen molar-refractivity contribution in [3.63, 3.8) is 0 Å². The van der Waals surface area contributed by atoms with Crippen molar-refractivity contribution in [2.24, 2.45) is 7.05 Å². The van der Waals surface area contributed by atoms with Crippen LogP contribution in [0.3, 0.4) is 0 Å². The molecule has 6 heteroatoms. The van der Waals surface area contributed by atoms with Gasteiger partial charge in [-0.3, -0.25) is 4.79 Å². The SMILES string of the molecule is Cn1cccc1C(=O)N1CCC[C@]2(CNC(=O)O2)C1. The van der Waals surface area contributed by atoms with Crippen LogP contribution in [0.4, 0.5) is 4.79 Å². The summed E-state index contributed by atoms with van der Waals surface area (Å²) in [4.78, 5) is 25.5. The first-order valence-electron chi connectivity index (χ1n) is 6.47. The van der Waals surface area contributed by atoms with E-state index in [1.807, 2.05) is 29.9 Å². The van der Waals surface area contributed by atoms with Crippen LogP contribution in [0.2, 0.25) is 0 Å². The summed E-state index contributed by atoms with van der Waals surface area (Å²) < 4.78 is 7.18. The van der Waals surface area contributed by atoms with Gasteiger partial charge >= 0.3 is 6.09 Å². The summed E-state index contributed by atoms with van der Waals surface area (Å²) in [6.45, 7) is 1.67. The van der Waals surface area contributed by atoms with Gasteiger partial charge in [-0.25, -0.2) is 4.79 Å². The molecule has 1 N–H and O–H groups in total. The van der Waals surface area contributed by atoms with Gasteiger partial charge in [-0.1, -0.05) is 0 Å². The van der Waals surface area contributed by atoms with E-state index >= 15 is 0 Å². The highest BCUT2D eigenvalue weighted by Gasteiger charge is 2.45. The van der Waals surface area contributed by atoms with Gasteiger partial charge in [-0.05, 0) is 25.0 Å². The summed E-state index contributed by atoms with van der Waals surface area (Å²) in [6.07, 6.45) is 3.13. The minimum atomic E-state index is -0.532. The number of amides is 2. The normalized spacial score (nSPS) is 26.4. The monoisotopic (exact) mass is 263 g/mol. The van der Waals surface area contributed by atoms with E-state index in [0.29, 0.717) is 25.3 Å². The van der Waals surface area contributed by atoms with Crippen molar-refractivity contribution in [3.05, 3.63) is 24.0 Å². The third-order valence-electron chi connectivity index (χ3n) is 3.85. The van der Waals surface area contributed by atoms with Crippen molar-refractivity contribution in [2.75, 3.05) is 19.6 Å². The van der Waals surface area contributed by atoms with Crippen LogP contribution in [-0.4, -0.2) is 46.7 Å². The van der Waals surface area contributed by atoms with Crippen molar-refractivity contribution < 1.29 is 14.3 Å². The Labute approximate surface area is 111 Å². The highest BCUT2D eigenvalue weighted by molar-refractivity contribution is 5.93. The van der Waals surface area contributed by atoms with E-state index in [0.717, 1.165) is 12.8 Å². The number of hydrogen-bond acceptors (Lipinski definition) is 3. The highest BCUT2D eigenvalue weighted by atomic mass is 16.6. The summed E-state index contributed by atoms with van der Waals surface area (Å²) in [5, 5.41) is 2.68. The van der Waals surface area contributed by atoms with E-state index < -0.39 is 5.60 Å². The van der Waals surface area contributed by atoms with Crippen LogP contribution < -0.4 is 5.32 Å². The third-order valence-corrected chi connectivity index (χ3v) is 3.85. The second kappa shape index (κ2) is 4.29. The number of nitrogens with zero attached hydrogens (tertiary/aromatic N) is 2. The number of aryl methyl sites for hydroxylation is 1. The molecule has 1 atom stereocenters. The molecular weight excluding hydrogens is 246 g/mol. The topological polar surface area (TPSA) is 63.6 Å². The van der Waals surface area contributed by atoms with Gasteiger partial charge in [0, 0.05) is 19.8 Å². The van der Waals surface area contributed by atoms with Crippen LogP contribution in [-0.2, 0) is 11.8 Å². The highest BCUT2D eigenvalue weighted by Crippen LogP contribution is 2.28. The van der Waals surface area contributed by atoms with E-state index in [-0.39, 0.29) is 12.0 Å². The largest absolute Gasteiger partial charge is 0.439 e. The van der Waals surface area contributed by atoms with E-state index in [1.54, 1.807) is 4.90 Å². The van der Waals surface area contributed by atoms with Crippen molar-refractivity contribution in [2.45, 2.75) is 18.4 Å². The van der Waals surface area contributed by atoms with Gasteiger partial charge in [0.05, 0.1) is 13.1 Å². The predicted octanol–water partition coefficient (Wildman–Crippen LogP) is 0.740. The zero-order chi connectivity index (χ0) is 13.5. The molecule has 2 aliphatic heterocycles. The number of carbonyl (C=O) groups is 2. The minimum Gasteiger partial charge on any atom is -0.439 e. The van der Waals surface area contributed by atoms with Gasteiger partial charge in [0.2, 0.25) is 0 Å². The van der Waals surface area contributed by atoms with Crippen LogP contribution in [0.1, 0.15) is 23.3 Å². The molecule has 0 saturated carbocycles. The van der Waals surface area contributed by atoms with Crippen LogP contribution in [0.25, 0.3) is 0 Å². The minimum absolute atomic E-state index is 0.00507. The first kappa shape index (κ1) is 12.1. The van der Waals surface area contributed by atoms with Gasteiger partial charge in [-0.15, -0.1) is 0 Å². The van der Waals surface area contributed by atoms with Crippen molar-refractivity contribution in [3.8, 4) is 0 Å². The fourth-order valence-corrected chi connectivity index (χ4v) is 2.85. The Morgan fingerprint density at radius 3 is 3.00 bits per heavy atom. The number of nitrogens with one attached hydrogen (secondary N) is 1. The number of carbonyl (C=O) groups excluding carboxylic acids is 2. The molecule has 2 fully saturated rings. The summed E-state index contributed by atoms with van der Waals surface area (Å²) in [6, 6.07) is 3.66. The Kier molecular flexibility index (Phi) is 2.73. The Morgan fingerprint density at radius 1 is 1.53 bits per heavy atom. The molecule has 0 unspecified atom stereocenters. The van der Waals surface area contributed by atoms with Crippen LogP contribution >= 0.6 is 0 Å². The second-order valence-corrected chi connectivity index (χ2v) is 5.26. The van der Waals surface area contributed by atoms with Gasteiger partial charge < -0.3 is 19.5 Å². The molecule has 0 aromatic carbocycles. The standard InChI is InChI=1S/C13H17N3O3/c1-15-6-2-4-10(15)11(17)16-7-3-5-13(9-16)8-14-12(18)19-13/h2,4,6H,3,5,7-9H2,1H3,(H,14,18)/t13-/m0/s1. The van der Waals surface area contributed by atoms with Crippen LogP contribution in [0.5, 0.6) is 0 Å². The number of ether oxygens (including phenoxy) is 1. The van der Waals surface area contributed by atoms with E-state index in [9.17, 15) is 9.59 Å². The number of likely N-dealkylation sites (tertiary alicyclic amines) is 1. The Balaban J connectivity index is 1.77. The second-order valence-electron chi connectivity index (χ2n) is 5.26. The predicted molar refractivity (Wildman–Crippen MR) is 67.8 cm³/mol. The molecule has 1 aromatic heterocycles. The summed E-state index contributed by atoms with van der Waals surface area (Å²) in [5.74, 6) is -0.00507. The molecule has 1 spiro atoms. The van der Waals surface area contributed by atoms with Crippen LogP contribution in [0.15, 0.2) is 18.3 Å². The van der Waals surface area contributed by atoms with E-state index in [4.69, 9.17) is 4.74 Å². The molecular formula is C13H17N3O3. The maximum absolute atomic E-state index is 12.4. The molecule has 1 aromatic rings. The summed E-state index contributed by atoms with van der Waals surface area (Å²) in [7, 11) is 1.85. The first-order valence-corrected chi connectivity index (χ1v) is 6.47. The molecule has 3 heterocycles. The Bertz CT molecular complexity index is 525. The van der Waals surface area contributed by atoms with Crippen molar-refractivity contribution >= 4 is 12.0 Å². The Morgan fingerprint density at radius 2 is 2.37 bits per heavy atom. The molecule has 0 bridgehead atoms. The smallest absolute Gasteiger partial charge is 0.407 e. The van der Waals surface area contributed by atoms with E-state index in [2.05, 4.69) is 5.32 Å². The lowest BCUT2D eigenvalue weighted by Gasteiger charge is -2.38. The number of piperidine rings is 1. The maximum Gasteiger partial charge on any atom is 0.407 e. The summed E-state index contributed by atoms with van der Waals surface area (Å²) >= 11 is 0. The fourth-order valence-electron chi connectivity index (χ4n) is 2.85. The first-order chi connectivity index (χ1) is 9.10. The molecule has 2 saturated heterocycles. The molecule has 0 aliphatic carbocycles. The zero-order valence-electron chi connectivity index (χ0n) is 10.9. The van der Waals surface area contributed by atoms with Crippen molar-refractivity contribution in [1.29, 1.82) is 0 Å². The van der Waals surface area contributed by atoms with Crippen LogP contribution in [0, 0.1) is 0 Å². The fraction of sp³-hybridized carbons (Fsp3) is 0.538. The average molecular weight is 263 g/mol. The zero-order valence-corrected chi connectivity index (χ0v) is 10.9. The molecule has 3 rings (SSSR count). The maximum atomic E-state index is 12.4. The summed E-state index contributed by atoms with van der Waals surface area (Å²) in [5.41, 5.74) is 0.130. The van der Waals surface area contributed by atoms with Crippen molar-refractivity contribution in [1.82, 2.24) is 14.8 Å². The number of hydrogen-bond donors (Lipinski definition) is 1.